The van der Waals surface area contributed by atoms with Crippen LogP contribution in [0.4, 0.5) is 0 Å². The summed E-state index contributed by atoms with van der Waals surface area (Å²) in [7, 11) is 0. The molecule has 0 aliphatic carbocycles. The zero-order valence-corrected chi connectivity index (χ0v) is 12.8. The fourth-order valence-electron chi connectivity index (χ4n) is 2.58. The van der Waals surface area contributed by atoms with Gasteiger partial charge in [-0.1, -0.05) is 20.3 Å². The molecule has 0 amide bonds. The standard InChI is InChI=1S/C14H22BrN3/c1-3-11(2)14(18-8-6-16-7-9-18)13-5-4-12(15)10-17-13/h4-5,10-11,14,16H,3,6-9H2,1-2H3/t11?,14-/m0/s1. The lowest BCUT2D eigenvalue weighted by molar-refractivity contribution is 0.125. The summed E-state index contributed by atoms with van der Waals surface area (Å²) in [6.45, 7) is 9.00. The molecule has 0 aromatic carbocycles. The Hall–Kier alpha value is -0.450. The Morgan fingerprint density at radius 1 is 1.39 bits per heavy atom. The van der Waals surface area contributed by atoms with Gasteiger partial charge >= 0.3 is 0 Å². The summed E-state index contributed by atoms with van der Waals surface area (Å²) >= 11 is 3.46. The molecule has 2 atom stereocenters. The van der Waals surface area contributed by atoms with E-state index < -0.39 is 0 Å². The SMILES string of the molecule is CCC(C)[C@@H](c1ccc(Br)cn1)N1CCNCC1. The number of nitrogens with one attached hydrogen (secondary N) is 1. The highest BCUT2D eigenvalue weighted by Crippen LogP contribution is 2.30. The summed E-state index contributed by atoms with van der Waals surface area (Å²) in [5.41, 5.74) is 1.20. The fourth-order valence-corrected chi connectivity index (χ4v) is 2.82. The third-order valence-electron chi connectivity index (χ3n) is 3.78. The maximum atomic E-state index is 4.61. The van der Waals surface area contributed by atoms with E-state index in [0.29, 0.717) is 12.0 Å². The van der Waals surface area contributed by atoms with Crippen LogP contribution in [0.3, 0.4) is 0 Å². The Labute approximate surface area is 118 Å². The van der Waals surface area contributed by atoms with Gasteiger partial charge in [-0.05, 0) is 34.0 Å². The Morgan fingerprint density at radius 2 is 2.11 bits per heavy atom. The first-order chi connectivity index (χ1) is 8.72. The zero-order chi connectivity index (χ0) is 13.0. The van der Waals surface area contributed by atoms with Gasteiger partial charge in [0, 0.05) is 36.8 Å². The molecule has 1 fully saturated rings. The van der Waals surface area contributed by atoms with Crippen LogP contribution >= 0.6 is 15.9 Å². The summed E-state index contributed by atoms with van der Waals surface area (Å²) < 4.78 is 1.05. The molecule has 1 aromatic rings. The van der Waals surface area contributed by atoms with Gasteiger partial charge in [0.05, 0.1) is 11.7 Å². The molecule has 2 heterocycles. The van der Waals surface area contributed by atoms with Crippen molar-refractivity contribution in [2.75, 3.05) is 26.2 Å². The van der Waals surface area contributed by atoms with Crippen LogP contribution in [0.5, 0.6) is 0 Å². The molecule has 1 unspecified atom stereocenters. The quantitative estimate of drug-likeness (QED) is 0.927. The number of hydrogen-bond donors (Lipinski definition) is 1. The van der Waals surface area contributed by atoms with E-state index in [-0.39, 0.29) is 0 Å². The van der Waals surface area contributed by atoms with E-state index in [9.17, 15) is 0 Å². The second-order valence-corrected chi connectivity index (χ2v) is 5.93. The minimum Gasteiger partial charge on any atom is -0.314 e. The molecule has 1 aromatic heterocycles. The van der Waals surface area contributed by atoms with Crippen molar-refractivity contribution in [3.63, 3.8) is 0 Å². The van der Waals surface area contributed by atoms with Crippen molar-refractivity contribution in [2.45, 2.75) is 26.3 Å². The van der Waals surface area contributed by atoms with Crippen molar-refractivity contribution >= 4 is 15.9 Å². The topological polar surface area (TPSA) is 28.2 Å². The molecule has 0 spiro atoms. The van der Waals surface area contributed by atoms with E-state index in [0.717, 1.165) is 30.7 Å². The highest BCUT2D eigenvalue weighted by molar-refractivity contribution is 9.10. The lowest BCUT2D eigenvalue weighted by atomic mass is 9.93. The molecule has 18 heavy (non-hydrogen) atoms. The van der Waals surface area contributed by atoms with Gasteiger partial charge < -0.3 is 5.32 Å². The van der Waals surface area contributed by atoms with Crippen LogP contribution in [-0.2, 0) is 0 Å². The molecule has 1 N–H and O–H groups in total. The molecular weight excluding hydrogens is 290 g/mol. The minimum atomic E-state index is 0.449. The van der Waals surface area contributed by atoms with Gasteiger partial charge in [0.1, 0.15) is 0 Å². The lowest BCUT2D eigenvalue weighted by Gasteiger charge is -2.37. The molecule has 0 saturated carbocycles. The zero-order valence-electron chi connectivity index (χ0n) is 11.2. The van der Waals surface area contributed by atoms with Gasteiger partial charge in [-0.3, -0.25) is 9.88 Å². The van der Waals surface area contributed by atoms with Crippen LogP contribution in [0.15, 0.2) is 22.8 Å². The number of hydrogen-bond acceptors (Lipinski definition) is 3. The molecular formula is C14H22BrN3. The Morgan fingerprint density at radius 3 is 2.67 bits per heavy atom. The van der Waals surface area contributed by atoms with E-state index in [4.69, 9.17) is 0 Å². The Bertz CT molecular complexity index is 360. The van der Waals surface area contributed by atoms with Gasteiger partial charge in [-0.15, -0.1) is 0 Å². The van der Waals surface area contributed by atoms with E-state index in [1.54, 1.807) is 0 Å². The summed E-state index contributed by atoms with van der Waals surface area (Å²) in [6.07, 6.45) is 3.10. The third-order valence-corrected chi connectivity index (χ3v) is 4.25. The number of pyridine rings is 1. The van der Waals surface area contributed by atoms with E-state index in [2.05, 4.69) is 57.1 Å². The van der Waals surface area contributed by atoms with Gasteiger partial charge in [-0.25, -0.2) is 0 Å². The molecule has 0 bridgehead atoms. The normalized spacial score (nSPS) is 20.6. The number of nitrogens with zero attached hydrogens (tertiary/aromatic N) is 2. The van der Waals surface area contributed by atoms with Crippen LogP contribution in [0.25, 0.3) is 0 Å². The highest BCUT2D eigenvalue weighted by atomic mass is 79.9. The molecule has 1 aliphatic heterocycles. The number of piperazine rings is 1. The van der Waals surface area contributed by atoms with Crippen LogP contribution in [0.2, 0.25) is 0 Å². The predicted molar refractivity (Wildman–Crippen MR) is 78.6 cm³/mol. The van der Waals surface area contributed by atoms with E-state index in [1.165, 1.54) is 12.1 Å². The van der Waals surface area contributed by atoms with Crippen molar-refractivity contribution in [3.05, 3.63) is 28.5 Å². The Kier molecular flexibility index (Phi) is 5.15. The monoisotopic (exact) mass is 311 g/mol. The van der Waals surface area contributed by atoms with Gasteiger partial charge in [0.2, 0.25) is 0 Å². The average molecular weight is 312 g/mol. The largest absolute Gasteiger partial charge is 0.314 e. The van der Waals surface area contributed by atoms with Gasteiger partial charge in [-0.2, -0.15) is 0 Å². The van der Waals surface area contributed by atoms with Crippen LogP contribution in [-0.4, -0.2) is 36.1 Å². The van der Waals surface area contributed by atoms with Crippen molar-refractivity contribution in [2.24, 2.45) is 5.92 Å². The fraction of sp³-hybridized carbons (Fsp3) is 0.643. The molecule has 3 nitrogen and oxygen atoms in total. The Balaban J connectivity index is 2.20. The van der Waals surface area contributed by atoms with E-state index in [1.807, 2.05) is 6.20 Å². The first kappa shape index (κ1) is 14.0. The lowest BCUT2D eigenvalue weighted by Crippen LogP contribution is -2.46. The second kappa shape index (κ2) is 6.64. The molecule has 2 rings (SSSR count). The molecule has 4 heteroatoms. The number of aromatic nitrogens is 1. The van der Waals surface area contributed by atoms with Crippen LogP contribution in [0, 0.1) is 5.92 Å². The summed E-state index contributed by atoms with van der Waals surface area (Å²) in [4.78, 5) is 7.18. The van der Waals surface area contributed by atoms with Crippen LogP contribution < -0.4 is 5.32 Å². The smallest absolute Gasteiger partial charge is 0.0578 e. The van der Waals surface area contributed by atoms with Crippen molar-refractivity contribution in [3.8, 4) is 0 Å². The summed E-state index contributed by atoms with van der Waals surface area (Å²) in [5, 5.41) is 3.42. The van der Waals surface area contributed by atoms with E-state index >= 15 is 0 Å². The maximum absolute atomic E-state index is 4.61. The first-order valence-corrected chi connectivity index (χ1v) is 7.58. The predicted octanol–water partition coefficient (Wildman–Crippen LogP) is 2.84. The number of rotatable bonds is 4. The molecule has 1 aliphatic rings. The number of halogens is 1. The minimum absolute atomic E-state index is 0.449. The molecule has 1 saturated heterocycles. The average Bonchev–Trinajstić information content (AvgIpc) is 2.42. The first-order valence-electron chi connectivity index (χ1n) is 6.78. The van der Waals surface area contributed by atoms with Crippen LogP contribution in [0.1, 0.15) is 32.0 Å². The van der Waals surface area contributed by atoms with Gasteiger partial charge in [0.15, 0.2) is 0 Å². The summed E-state index contributed by atoms with van der Waals surface area (Å²) in [6, 6.07) is 4.70. The third kappa shape index (κ3) is 3.31. The molecule has 0 radical (unpaired) electrons. The molecule has 100 valence electrons. The van der Waals surface area contributed by atoms with Gasteiger partial charge in [0.25, 0.3) is 0 Å². The maximum Gasteiger partial charge on any atom is 0.0578 e. The van der Waals surface area contributed by atoms with Crippen molar-refractivity contribution < 1.29 is 0 Å². The van der Waals surface area contributed by atoms with Crippen molar-refractivity contribution in [1.29, 1.82) is 0 Å². The highest BCUT2D eigenvalue weighted by Gasteiger charge is 2.27. The second-order valence-electron chi connectivity index (χ2n) is 5.02. The summed E-state index contributed by atoms with van der Waals surface area (Å²) in [5.74, 6) is 0.636. The van der Waals surface area contributed by atoms with Crippen molar-refractivity contribution in [1.82, 2.24) is 15.2 Å².